The number of amides is 2. The van der Waals surface area contributed by atoms with Crippen LogP contribution in [0, 0.1) is 0 Å². The molecule has 1 saturated heterocycles. The minimum atomic E-state index is -4.36. The minimum Gasteiger partial charge on any atom is -0.357 e. The predicted molar refractivity (Wildman–Crippen MR) is 101 cm³/mol. The lowest BCUT2D eigenvalue weighted by atomic mass is 10.1. The molecule has 0 atom stereocenters. The zero-order valence-corrected chi connectivity index (χ0v) is 15.4. The fourth-order valence-electron chi connectivity index (χ4n) is 3.07. The number of urea groups is 1. The second-order valence-corrected chi connectivity index (χ2v) is 6.80. The van der Waals surface area contributed by atoms with Crippen molar-refractivity contribution in [3.8, 4) is 0 Å². The number of carbonyl (C=O) groups is 1. The molecule has 28 heavy (non-hydrogen) atoms. The smallest absolute Gasteiger partial charge is 0.357 e. The van der Waals surface area contributed by atoms with Gasteiger partial charge in [0.1, 0.15) is 5.82 Å². The lowest BCUT2D eigenvalue weighted by molar-refractivity contribution is -0.137. The first kappa shape index (κ1) is 20.0. The van der Waals surface area contributed by atoms with Gasteiger partial charge in [0.2, 0.25) is 0 Å². The maximum atomic E-state index is 12.5. The van der Waals surface area contributed by atoms with Crippen LogP contribution in [0.2, 0.25) is 0 Å². The largest absolute Gasteiger partial charge is 0.416 e. The topological polar surface area (TPSA) is 57.3 Å². The average Bonchev–Trinajstić information content (AvgIpc) is 2.71. The minimum absolute atomic E-state index is 0.149. The van der Waals surface area contributed by atoms with Gasteiger partial charge in [-0.2, -0.15) is 13.2 Å². The molecule has 5 nitrogen and oxygen atoms in total. The lowest BCUT2D eigenvalue weighted by Gasteiger charge is -2.27. The van der Waals surface area contributed by atoms with E-state index in [1.165, 1.54) is 31.4 Å². The van der Waals surface area contributed by atoms with E-state index >= 15 is 0 Å². The number of nitrogens with zero attached hydrogens (tertiary/aromatic N) is 2. The molecule has 1 fully saturated rings. The summed E-state index contributed by atoms with van der Waals surface area (Å²) in [7, 11) is 0. The molecule has 0 radical (unpaired) electrons. The van der Waals surface area contributed by atoms with Crippen molar-refractivity contribution in [2.24, 2.45) is 0 Å². The van der Waals surface area contributed by atoms with Crippen molar-refractivity contribution in [2.45, 2.75) is 38.5 Å². The number of rotatable bonds is 5. The van der Waals surface area contributed by atoms with Crippen LogP contribution in [0.1, 0.15) is 36.0 Å². The van der Waals surface area contributed by atoms with Gasteiger partial charge in [-0.05, 0) is 48.6 Å². The van der Waals surface area contributed by atoms with Crippen LogP contribution in [0.5, 0.6) is 0 Å². The number of pyridine rings is 1. The number of aromatic nitrogens is 1. The Balaban J connectivity index is 1.42. The predicted octanol–water partition coefficient (Wildman–Crippen LogP) is 4.09. The zero-order valence-electron chi connectivity index (χ0n) is 15.4. The molecule has 0 unspecified atom stereocenters. The Labute approximate surface area is 162 Å². The van der Waals surface area contributed by atoms with Gasteiger partial charge < -0.3 is 15.5 Å². The van der Waals surface area contributed by atoms with Crippen LogP contribution < -0.4 is 15.5 Å². The molecule has 0 saturated carbocycles. The molecule has 1 aliphatic rings. The number of halogens is 3. The van der Waals surface area contributed by atoms with E-state index in [0.29, 0.717) is 12.1 Å². The van der Waals surface area contributed by atoms with Crippen LogP contribution in [0.3, 0.4) is 0 Å². The molecule has 3 rings (SSSR count). The van der Waals surface area contributed by atoms with Gasteiger partial charge in [0.15, 0.2) is 0 Å². The number of benzene rings is 1. The third-order valence-electron chi connectivity index (χ3n) is 4.68. The lowest BCUT2D eigenvalue weighted by Crippen LogP contribution is -2.34. The van der Waals surface area contributed by atoms with Crippen molar-refractivity contribution in [2.75, 3.05) is 18.0 Å². The number of piperidine rings is 1. The Kier molecular flexibility index (Phi) is 6.38. The zero-order chi connectivity index (χ0) is 20.0. The van der Waals surface area contributed by atoms with Gasteiger partial charge >= 0.3 is 12.2 Å². The molecule has 2 N–H and O–H groups in total. The number of alkyl halides is 3. The monoisotopic (exact) mass is 392 g/mol. The van der Waals surface area contributed by atoms with Crippen LogP contribution in [0.25, 0.3) is 0 Å². The molecule has 2 amide bonds. The van der Waals surface area contributed by atoms with E-state index in [1.807, 2.05) is 12.1 Å². The molecule has 0 aliphatic carbocycles. The highest BCUT2D eigenvalue weighted by Crippen LogP contribution is 2.29. The summed E-state index contributed by atoms with van der Waals surface area (Å²) in [5.74, 6) is 0.954. The SMILES string of the molecule is O=C(NCc1ccc(C(F)(F)F)cc1)NCc1ccc(N2CCCCC2)nc1. The molecular formula is C20H23F3N4O. The molecule has 150 valence electrons. The van der Waals surface area contributed by atoms with E-state index in [1.54, 1.807) is 6.20 Å². The normalized spacial score (nSPS) is 14.6. The van der Waals surface area contributed by atoms with Crippen molar-refractivity contribution in [1.29, 1.82) is 0 Å². The van der Waals surface area contributed by atoms with Gasteiger partial charge in [-0.3, -0.25) is 0 Å². The van der Waals surface area contributed by atoms with Gasteiger partial charge in [-0.25, -0.2) is 9.78 Å². The Morgan fingerprint density at radius 2 is 1.54 bits per heavy atom. The number of carbonyl (C=O) groups excluding carboxylic acids is 1. The van der Waals surface area contributed by atoms with Crippen molar-refractivity contribution in [3.63, 3.8) is 0 Å². The van der Waals surface area contributed by atoms with Crippen molar-refractivity contribution < 1.29 is 18.0 Å². The first-order valence-corrected chi connectivity index (χ1v) is 9.29. The number of hydrogen-bond acceptors (Lipinski definition) is 3. The van der Waals surface area contributed by atoms with Gasteiger partial charge in [0, 0.05) is 32.4 Å². The maximum Gasteiger partial charge on any atom is 0.416 e. The summed E-state index contributed by atoms with van der Waals surface area (Å²) in [6.07, 6.45) is 1.02. The standard InChI is InChI=1S/C20H23F3N4O/c21-20(22,23)17-7-4-15(5-8-17)12-25-19(28)26-14-16-6-9-18(24-13-16)27-10-2-1-3-11-27/h4-9,13H,1-3,10-12,14H2,(H2,25,26,28). The Hall–Kier alpha value is -2.77. The summed E-state index contributed by atoms with van der Waals surface area (Å²) in [6, 6.07) is 8.23. The molecule has 8 heteroatoms. The molecule has 1 aromatic heterocycles. The van der Waals surface area contributed by atoms with Crippen molar-refractivity contribution in [3.05, 3.63) is 59.3 Å². The molecule has 2 aromatic rings. The second-order valence-electron chi connectivity index (χ2n) is 6.80. The summed E-state index contributed by atoms with van der Waals surface area (Å²) in [4.78, 5) is 18.6. The van der Waals surface area contributed by atoms with Gasteiger partial charge in [-0.1, -0.05) is 18.2 Å². The Morgan fingerprint density at radius 3 is 2.11 bits per heavy atom. The third-order valence-corrected chi connectivity index (χ3v) is 4.68. The van der Waals surface area contributed by atoms with E-state index in [4.69, 9.17) is 0 Å². The van der Waals surface area contributed by atoms with Crippen molar-refractivity contribution >= 4 is 11.8 Å². The Morgan fingerprint density at radius 1 is 0.929 bits per heavy atom. The van der Waals surface area contributed by atoms with Crippen LogP contribution in [0.15, 0.2) is 42.6 Å². The van der Waals surface area contributed by atoms with Crippen molar-refractivity contribution in [1.82, 2.24) is 15.6 Å². The van der Waals surface area contributed by atoms with E-state index in [0.717, 1.165) is 36.6 Å². The number of hydrogen-bond donors (Lipinski definition) is 2. The number of anilines is 1. The van der Waals surface area contributed by atoms with Gasteiger partial charge in [0.05, 0.1) is 5.56 Å². The first-order chi connectivity index (χ1) is 13.4. The van der Waals surface area contributed by atoms with Crippen LogP contribution >= 0.6 is 0 Å². The average molecular weight is 392 g/mol. The second kappa shape index (κ2) is 8.95. The highest BCUT2D eigenvalue weighted by molar-refractivity contribution is 5.73. The summed E-state index contributed by atoms with van der Waals surface area (Å²) in [6.45, 7) is 2.52. The quantitative estimate of drug-likeness (QED) is 0.806. The fraction of sp³-hybridized carbons (Fsp3) is 0.400. The van der Waals surface area contributed by atoms with Crippen LogP contribution in [0.4, 0.5) is 23.8 Å². The van der Waals surface area contributed by atoms with Gasteiger partial charge in [-0.15, -0.1) is 0 Å². The molecule has 1 aliphatic heterocycles. The number of nitrogens with one attached hydrogen (secondary N) is 2. The molecule has 0 bridgehead atoms. The highest BCUT2D eigenvalue weighted by atomic mass is 19.4. The van der Waals surface area contributed by atoms with Crippen LogP contribution in [-0.4, -0.2) is 24.1 Å². The molecule has 2 heterocycles. The third kappa shape index (κ3) is 5.61. The van der Waals surface area contributed by atoms with E-state index in [-0.39, 0.29) is 12.6 Å². The van der Waals surface area contributed by atoms with E-state index in [9.17, 15) is 18.0 Å². The summed E-state index contributed by atoms with van der Waals surface area (Å²) in [5, 5.41) is 5.35. The van der Waals surface area contributed by atoms with E-state index in [2.05, 4.69) is 20.5 Å². The molecule has 0 spiro atoms. The fourth-order valence-corrected chi connectivity index (χ4v) is 3.07. The van der Waals surface area contributed by atoms with Crippen LogP contribution in [-0.2, 0) is 19.3 Å². The first-order valence-electron chi connectivity index (χ1n) is 9.29. The maximum absolute atomic E-state index is 12.5. The summed E-state index contributed by atoms with van der Waals surface area (Å²) in [5.41, 5.74) is 0.766. The summed E-state index contributed by atoms with van der Waals surface area (Å²) >= 11 is 0. The highest BCUT2D eigenvalue weighted by Gasteiger charge is 2.29. The summed E-state index contributed by atoms with van der Waals surface area (Å²) < 4.78 is 37.6. The van der Waals surface area contributed by atoms with E-state index < -0.39 is 11.7 Å². The Bertz CT molecular complexity index is 770. The molecular weight excluding hydrogens is 369 g/mol. The van der Waals surface area contributed by atoms with Gasteiger partial charge in [0.25, 0.3) is 0 Å². The molecule has 1 aromatic carbocycles.